The highest BCUT2D eigenvalue weighted by Crippen LogP contribution is 2.51. The van der Waals surface area contributed by atoms with Gasteiger partial charge >= 0.3 is 0 Å². The summed E-state index contributed by atoms with van der Waals surface area (Å²) in [5.41, 5.74) is 2.73. The summed E-state index contributed by atoms with van der Waals surface area (Å²) in [4.78, 5) is 18.2. The molecule has 2 aromatic carbocycles. The van der Waals surface area contributed by atoms with Crippen LogP contribution in [0.3, 0.4) is 0 Å². The number of rotatable bonds is 12. The molecule has 2 aliphatic carbocycles. The van der Waals surface area contributed by atoms with Crippen molar-refractivity contribution in [2.75, 3.05) is 40.9 Å². The molecule has 1 heterocycles. The molecule has 0 N–H and O–H groups in total. The Balaban J connectivity index is 1.27. The molecule has 1 aliphatic heterocycles. The molecule has 3 fully saturated rings. The van der Waals surface area contributed by atoms with Crippen molar-refractivity contribution >= 4 is 5.91 Å². The van der Waals surface area contributed by atoms with E-state index < -0.39 is 0 Å². The molecule has 0 bridgehead atoms. The Hall–Kier alpha value is -2.37. The minimum absolute atomic E-state index is 0.0115. The molecule has 1 unspecified atom stereocenters. The van der Waals surface area contributed by atoms with Crippen LogP contribution < -0.4 is 4.74 Å². The summed E-state index contributed by atoms with van der Waals surface area (Å²) in [6.45, 7) is 3.43. The average Bonchev–Trinajstić information content (AvgIpc) is 3.80. The number of unbranched alkanes of at least 4 members (excludes halogenated alkanes) is 2. The summed E-state index contributed by atoms with van der Waals surface area (Å²) in [6.07, 6.45) is 10.8. The van der Waals surface area contributed by atoms with Crippen molar-refractivity contribution in [3.63, 3.8) is 0 Å². The van der Waals surface area contributed by atoms with E-state index in [1.807, 2.05) is 20.2 Å². The quantitative estimate of drug-likeness (QED) is 0.310. The molecule has 1 amide bonds. The van der Waals surface area contributed by atoms with Gasteiger partial charge in [-0.05, 0) is 87.1 Å². The van der Waals surface area contributed by atoms with Gasteiger partial charge in [0.1, 0.15) is 5.75 Å². The van der Waals surface area contributed by atoms with E-state index in [-0.39, 0.29) is 23.5 Å². The highest BCUT2D eigenvalue weighted by atomic mass is 16.5. The lowest BCUT2D eigenvalue weighted by molar-refractivity contribution is -0.137. The molecule has 5 nitrogen and oxygen atoms in total. The van der Waals surface area contributed by atoms with Gasteiger partial charge in [-0.25, -0.2) is 0 Å². The van der Waals surface area contributed by atoms with Crippen LogP contribution in [0.25, 0.3) is 0 Å². The maximum atomic E-state index is 13.4. The minimum Gasteiger partial charge on any atom is -0.497 e. The van der Waals surface area contributed by atoms with Gasteiger partial charge in [-0.15, -0.1) is 0 Å². The Bertz CT molecular complexity index is 1070. The SMILES string of the molecule is COc1cccc([C@@]23CCN(CC4CC4)C[C@H]2C(OC)C[C@H](N(C)C(=O)CCCCCc2ccccc2)C3)c1. The molecule has 2 aromatic rings. The third-order valence-corrected chi connectivity index (χ3v) is 9.89. The fourth-order valence-corrected chi connectivity index (χ4v) is 7.35. The molecule has 0 spiro atoms. The number of aryl methyl sites for hydroxylation is 1. The lowest BCUT2D eigenvalue weighted by Gasteiger charge is -2.56. The normalized spacial score (nSPS) is 27.1. The molecule has 0 radical (unpaired) electrons. The number of nitrogens with zero attached hydrogens (tertiary/aromatic N) is 2. The number of hydrogen-bond acceptors (Lipinski definition) is 4. The molecule has 5 rings (SSSR count). The predicted octanol–water partition coefficient (Wildman–Crippen LogP) is 6.10. The van der Waals surface area contributed by atoms with E-state index >= 15 is 0 Å². The number of amides is 1. The van der Waals surface area contributed by atoms with Gasteiger partial charge in [0, 0.05) is 51.0 Å². The monoisotopic (exact) mass is 532 g/mol. The molecule has 0 aromatic heterocycles. The zero-order chi connectivity index (χ0) is 27.2. The fraction of sp³-hybridized carbons (Fsp3) is 0.618. The van der Waals surface area contributed by atoms with E-state index in [1.165, 1.54) is 30.5 Å². The van der Waals surface area contributed by atoms with Crippen molar-refractivity contribution in [1.29, 1.82) is 0 Å². The Morgan fingerprint density at radius 1 is 1.05 bits per heavy atom. The van der Waals surface area contributed by atoms with Gasteiger partial charge < -0.3 is 19.3 Å². The smallest absolute Gasteiger partial charge is 0.222 e. The summed E-state index contributed by atoms with van der Waals surface area (Å²) in [5.74, 6) is 2.50. The zero-order valence-electron chi connectivity index (χ0n) is 24.3. The van der Waals surface area contributed by atoms with Gasteiger partial charge in [-0.1, -0.05) is 48.9 Å². The van der Waals surface area contributed by atoms with Crippen molar-refractivity contribution in [2.45, 2.75) is 81.8 Å². The van der Waals surface area contributed by atoms with Crippen molar-refractivity contribution in [3.05, 3.63) is 65.7 Å². The second kappa shape index (κ2) is 12.9. The van der Waals surface area contributed by atoms with E-state index in [4.69, 9.17) is 9.47 Å². The number of ether oxygens (including phenoxy) is 2. The fourth-order valence-electron chi connectivity index (χ4n) is 7.35. The van der Waals surface area contributed by atoms with Crippen LogP contribution in [0, 0.1) is 11.8 Å². The van der Waals surface area contributed by atoms with Gasteiger partial charge in [-0.3, -0.25) is 4.79 Å². The highest BCUT2D eigenvalue weighted by molar-refractivity contribution is 5.76. The van der Waals surface area contributed by atoms with Crippen LogP contribution in [0.2, 0.25) is 0 Å². The molecular weight excluding hydrogens is 484 g/mol. The third-order valence-electron chi connectivity index (χ3n) is 9.89. The van der Waals surface area contributed by atoms with Crippen LogP contribution in [-0.4, -0.2) is 68.8 Å². The number of carbonyl (C=O) groups excluding carboxylic acids is 1. The standard InChI is InChI=1S/C34H48N2O3/c1-35(33(37)16-9-5-8-13-26-11-6-4-7-12-26)29-22-32(39-3)31-25-36(24-27-17-18-27)20-19-34(31,23-29)28-14-10-15-30(21-28)38-2/h4,6-7,10-12,14-15,21,27,29,31-32H,5,8-9,13,16-20,22-25H2,1-3H3/t29-,31-,32?,34-/m0/s1. The van der Waals surface area contributed by atoms with Crippen molar-refractivity contribution in [1.82, 2.24) is 9.80 Å². The van der Waals surface area contributed by atoms with Gasteiger partial charge in [0.15, 0.2) is 0 Å². The number of likely N-dealkylation sites (tertiary alicyclic amines) is 1. The molecule has 4 atom stereocenters. The minimum atomic E-state index is -0.0115. The molecule has 39 heavy (non-hydrogen) atoms. The topological polar surface area (TPSA) is 42.0 Å². The van der Waals surface area contributed by atoms with E-state index in [2.05, 4.69) is 58.3 Å². The highest BCUT2D eigenvalue weighted by Gasteiger charge is 2.53. The Morgan fingerprint density at radius 2 is 1.87 bits per heavy atom. The molecule has 3 aliphatic rings. The summed E-state index contributed by atoms with van der Waals surface area (Å²) in [5, 5.41) is 0. The lowest BCUT2D eigenvalue weighted by Crippen LogP contribution is -2.61. The second-order valence-electron chi connectivity index (χ2n) is 12.4. The van der Waals surface area contributed by atoms with E-state index in [0.717, 1.165) is 69.7 Å². The van der Waals surface area contributed by atoms with Crippen molar-refractivity contribution < 1.29 is 14.3 Å². The lowest BCUT2D eigenvalue weighted by atomic mass is 9.56. The number of hydrogen-bond donors (Lipinski definition) is 0. The Kier molecular flexibility index (Phi) is 9.29. The van der Waals surface area contributed by atoms with Crippen LogP contribution in [0.15, 0.2) is 54.6 Å². The first kappa shape index (κ1) is 28.2. The average molecular weight is 533 g/mol. The van der Waals surface area contributed by atoms with Crippen molar-refractivity contribution in [2.24, 2.45) is 11.8 Å². The van der Waals surface area contributed by atoms with Crippen LogP contribution in [0.1, 0.15) is 68.9 Å². The summed E-state index contributed by atoms with van der Waals surface area (Å²) in [6, 6.07) is 19.5. The first-order valence-electron chi connectivity index (χ1n) is 15.2. The van der Waals surface area contributed by atoms with Gasteiger partial charge in [0.05, 0.1) is 13.2 Å². The van der Waals surface area contributed by atoms with Crippen LogP contribution in [-0.2, 0) is 21.4 Å². The number of carbonyl (C=O) groups is 1. The molecule has 212 valence electrons. The molecular formula is C34H48N2O3. The number of piperidine rings is 1. The Labute approximate surface area is 235 Å². The number of benzene rings is 2. The van der Waals surface area contributed by atoms with E-state index in [9.17, 15) is 4.79 Å². The molecule has 5 heteroatoms. The first-order chi connectivity index (χ1) is 19.0. The predicted molar refractivity (Wildman–Crippen MR) is 157 cm³/mol. The van der Waals surface area contributed by atoms with Crippen LogP contribution >= 0.6 is 0 Å². The molecule has 2 saturated carbocycles. The van der Waals surface area contributed by atoms with Crippen LogP contribution in [0.5, 0.6) is 5.75 Å². The van der Waals surface area contributed by atoms with Gasteiger partial charge in [0.25, 0.3) is 0 Å². The van der Waals surface area contributed by atoms with E-state index in [0.29, 0.717) is 12.3 Å². The number of methoxy groups -OCH3 is 2. The van der Waals surface area contributed by atoms with Crippen molar-refractivity contribution in [3.8, 4) is 5.75 Å². The summed E-state index contributed by atoms with van der Waals surface area (Å²) < 4.78 is 11.9. The summed E-state index contributed by atoms with van der Waals surface area (Å²) >= 11 is 0. The largest absolute Gasteiger partial charge is 0.497 e. The van der Waals surface area contributed by atoms with Gasteiger partial charge in [0.2, 0.25) is 5.91 Å². The first-order valence-corrected chi connectivity index (χ1v) is 15.2. The third kappa shape index (κ3) is 6.69. The second-order valence-corrected chi connectivity index (χ2v) is 12.4. The van der Waals surface area contributed by atoms with Crippen LogP contribution in [0.4, 0.5) is 0 Å². The molecule has 1 saturated heterocycles. The zero-order valence-corrected chi connectivity index (χ0v) is 24.3. The van der Waals surface area contributed by atoms with Gasteiger partial charge in [-0.2, -0.15) is 0 Å². The maximum absolute atomic E-state index is 13.4. The van der Waals surface area contributed by atoms with E-state index in [1.54, 1.807) is 7.11 Å². The maximum Gasteiger partial charge on any atom is 0.222 e. The summed E-state index contributed by atoms with van der Waals surface area (Å²) in [7, 11) is 5.66. The Morgan fingerprint density at radius 3 is 2.62 bits per heavy atom. The number of fused-ring (bicyclic) bond motifs is 1.